The van der Waals surface area contributed by atoms with Gasteiger partial charge in [-0.25, -0.2) is 0 Å². The quantitative estimate of drug-likeness (QED) is 0.731. The molecule has 21 heavy (non-hydrogen) atoms. The van der Waals surface area contributed by atoms with E-state index in [9.17, 15) is 4.79 Å². The van der Waals surface area contributed by atoms with Gasteiger partial charge in [-0.1, -0.05) is 24.3 Å². The molecule has 0 saturated heterocycles. The Morgan fingerprint density at radius 1 is 1.10 bits per heavy atom. The summed E-state index contributed by atoms with van der Waals surface area (Å²) in [6, 6.07) is 11.9. The first-order valence-electron chi connectivity index (χ1n) is 7.33. The van der Waals surface area contributed by atoms with E-state index < -0.39 is 0 Å². The first kappa shape index (κ1) is 15.4. The Labute approximate surface area is 126 Å². The molecular weight excluding hydrogens is 260 g/mol. The number of hydrogen-bond acceptors (Lipinski definition) is 3. The molecule has 2 aromatic rings. The fourth-order valence-corrected chi connectivity index (χ4v) is 2.29. The van der Waals surface area contributed by atoms with E-state index in [1.165, 1.54) is 5.56 Å². The zero-order chi connectivity index (χ0) is 15.1. The van der Waals surface area contributed by atoms with Gasteiger partial charge in [0, 0.05) is 37.5 Å². The maximum Gasteiger partial charge on any atom is 0.164 e. The fourth-order valence-electron chi connectivity index (χ4n) is 2.29. The number of carbonyl (C=O) groups is 1. The number of likely N-dealkylation sites (N-methyl/N-ethyl adjacent to an activating group) is 1. The third-order valence-electron chi connectivity index (χ3n) is 3.70. The van der Waals surface area contributed by atoms with Gasteiger partial charge in [0.05, 0.1) is 0 Å². The Balaban J connectivity index is 1.77. The second-order valence-corrected chi connectivity index (χ2v) is 5.40. The van der Waals surface area contributed by atoms with Crippen LogP contribution in [0, 0.1) is 6.92 Å². The molecule has 0 fully saturated rings. The second kappa shape index (κ2) is 7.70. The predicted octanol–water partition coefficient (Wildman–Crippen LogP) is 3.14. The van der Waals surface area contributed by atoms with Crippen LogP contribution in [0.1, 0.15) is 27.9 Å². The molecule has 0 bridgehead atoms. The molecule has 0 unspecified atom stereocenters. The zero-order valence-electron chi connectivity index (χ0n) is 12.7. The summed E-state index contributed by atoms with van der Waals surface area (Å²) < 4.78 is 0. The number of pyridine rings is 1. The fraction of sp³-hybridized carbons (Fsp3) is 0.333. The van der Waals surface area contributed by atoms with Crippen molar-refractivity contribution in [3.8, 4) is 0 Å². The molecule has 0 saturated carbocycles. The molecule has 110 valence electrons. The minimum Gasteiger partial charge on any atom is -0.306 e. The number of Topliss-reactive ketones (excluding diaryl/α,β-unsaturated/α-hetero) is 1. The molecule has 1 aromatic heterocycles. The van der Waals surface area contributed by atoms with Crippen molar-refractivity contribution in [1.29, 1.82) is 0 Å². The average Bonchev–Trinajstić information content (AvgIpc) is 2.52. The molecule has 2 rings (SSSR count). The highest BCUT2D eigenvalue weighted by Crippen LogP contribution is 2.10. The van der Waals surface area contributed by atoms with Crippen molar-refractivity contribution in [1.82, 2.24) is 9.88 Å². The van der Waals surface area contributed by atoms with Gasteiger partial charge < -0.3 is 4.90 Å². The van der Waals surface area contributed by atoms with Crippen molar-refractivity contribution >= 4 is 5.78 Å². The number of carbonyl (C=O) groups excluding carboxylic acids is 1. The number of aryl methyl sites for hydroxylation is 1. The molecule has 1 heterocycles. The summed E-state index contributed by atoms with van der Waals surface area (Å²) in [5.74, 6) is 0.226. The topological polar surface area (TPSA) is 33.2 Å². The Kier molecular flexibility index (Phi) is 5.64. The van der Waals surface area contributed by atoms with Crippen LogP contribution in [0.4, 0.5) is 0 Å². The number of rotatable bonds is 7. The van der Waals surface area contributed by atoms with Gasteiger partial charge in [-0.15, -0.1) is 0 Å². The highest BCUT2D eigenvalue weighted by molar-refractivity contribution is 5.97. The van der Waals surface area contributed by atoms with E-state index in [0.29, 0.717) is 6.42 Å². The van der Waals surface area contributed by atoms with Crippen molar-refractivity contribution in [2.45, 2.75) is 19.8 Å². The SMILES string of the molecule is Cc1ccccc1C(=O)CCN(C)CCc1ccncc1. The number of nitrogens with zero attached hydrogens (tertiary/aromatic N) is 2. The van der Waals surface area contributed by atoms with E-state index in [0.717, 1.165) is 30.6 Å². The van der Waals surface area contributed by atoms with Crippen molar-refractivity contribution in [2.24, 2.45) is 0 Å². The van der Waals surface area contributed by atoms with E-state index in [1.807, 2.05) is 55.7 Å². The lowest BCUT2D eigenvalue weighted by Crippen LogP contribution is -2.24. The minimum absolute atomic E-state index is 0.226. The molecule has 1 aromatic carbocycles. The number of hydrogen-bond donors (Lipinski definition) is 0. The van der Waals surface area contributed by atoms with Gasteiger partial charge in [0.25, 0.3) is 0 Å². The number of ketones is 1. The minimum atomic E-state index is 0.226. The summed E-state index contributed by atoms with van der Waals surface area (Å²) in [4.78, 5) is 18.4. The van der Waals surface area contributed by atoms with Gasteiger partial charge in [-0.3, -0.25) is 9.78 Å². The summed E-state index contributed by atoms with van der Waals surface area (Å²) in [6.07, 6.45) is 5.18. The molecule has 0 amide bonds. The predicted molar refractivity (Wildman–Crippen MR) is 85.6 cm³/mol. The summed E-state index contributed by atoms with van der Waals surface area (Å²) in [6.45, 7) is 3.73. The highest BCUT2D eigenvalue weighted by atomic mass is 16.1. The first-order chi connectivity index (χ1) is 10.2. The molecule has 0 atom stereocenters. The van der Waals surface area contributed by atoms with Gasteiger partial charge in [0.2, 0.25) is 0 Å². The average molecular weight is 282 g/mol. The van der Waals surface area contributed by atoms with Crippen LogP contribution in [-0.4, -0.2) is 35.8 Å². The lowest BCUT2D eigenvalue weighted by molar-refractivity contribution is 0.0968. The summed E-state index contributed by atoms with van der Waals surface area (Å²) in [7, 11) is 2.06. The van der Waals surface area contributed by atoms with Crippen LogP contribution < -0.4 is 0 Å². The Bertz CT molecular complexity index is 581. The van der Waals surface area contributed by atoms with E-state index in [2.05, 4.69) is 16.9 Å². The maximum atomic E-state index is 12.2. The Morgan fingerprint density at radius 2 is 1.81 bits per heavy atom. The third kappa shape index (κ3) is 4.80. The van der Waals surface area contributed by atoms with E-state index in [1.54, 1.807) is 0 Å². The lowest BCUT2D eigenvalue weighted by atomic mass is 10.0. The second-order valence-electron chi connectivity index (χ2n) is 5.40. The molecule has 0 spiro atoms. The van der Waals surface area contributed by atoms with Crippen LogP contribution in [0.3, 0.4) is 0 Å². The van der Waals surface area contributed by atoms with Crippen molar-refractivity contribution < 1.29 is 4.79 Å². The first-order valence-corrected chi connectivity index (χ1v) is 7.33. The van der Waals surface area contributed by atoms with Crippen molar-refractivity contribution in [2.75, 3.05) is 20.1 Å². The van der Waals surface area contributed by atoms with Gasteiger partial charge in [-0.2, -0.15) is 0 Å². The molecular formula is C18H22N2O. The van der Waals surface area contributed by atoms with Crippen molar-refractivity contribution in [3.05, 3.63) is 65.5 Å². The third-order valence-corrected chi connectivity index (χ3v) is 3.70. The smallest absolute Gasteiger partial charge is 0.164 e. The largest absolute Gasteiger partial charge is 0.306 e. The molecule has 3 nitrogen and oxygen atoms in total. The van der Waals surface area contributed by atoms with Crippen LogP contribution in [0.25, 0.3) is 0 Å². The maximum absolute atomic E-state index is 12.2. The number of aromatic nitrogens is 1. The normalized spacial score (nSPS) is 10.8. The van der Waals surface area contributed by atoms with E-state index >= 15 is 0 Å². The van der Waals surface area contributed by atoms with Gasteiger partial charge in [0.1, 0.15) is 0 Å². The van der Waals surface area contributed by atoms with Crippen LogP contribution in [0.15, 0.2) is 48.8 Å². The molecule has 0 N–H and O–H groups in total. The van der Waals surface area contributed by atoms with Gasteiger partial charge in [-0.05, 0) is 43.7 Å². The number of benzene rings is 1. The van der Waals surface area contributed by atoms with Crippen molar-refractivity contribution in [3.63, 3.8) is 0 Å². The molecule has 0 aliphatic rings. The van der Waals surface area contributed by atoms with Crippen LogP contribution in [0.2, 0.25) is 0 Å². The van der Waals surface area contributed by atoms with E-state index in [-0.39, 0.29) is 5.78 Å². The lowest BCUT2D eigenvalue weighted by Gasteiger charge is -2.16. The molecule has 0 aliphatic carbocycles. The molecule has 0 radical (unpaired) electrons. The monoisotopic (exact) mass is 282 g/mol. The van der Waals surface area contributed by atoms with Crippen LogP contribution in [-0.2, 0) is 6.42 Å². The molecule has 0 aliphatic heterocycles. The zero-order valence-corrected chi connectivity index (χ0v) is 12.7. The summed E-state index contributed by atoms with van der Waals surface area (Å²) >= 11 is 0. The van der Waals surface area contributed by atoms with Crippen LogP contribution >= 0.6 is 0 Å². The summed E-state index contributed by atoms with van der Waals surface area (Å²) in [5, 5.41) is 0. The van der Waals surface area contributed by atoms with Gasteiger partial charge in [0.15, 0.2) is 5.78 Å². The van der Waals surface area contributed by atoms with Gasteiger partial charge >= 0.3 is 0 Å². The Morgan fingerprint density at radius 3 is 2.52 bits per heavy atom. The summed E-state index contributed by atoms with van der Waals surface area (Å²) in [5.41, 5.74) is 3.18. The van der Waals surface area contributed by atoms with E-state index in [4.69, 9.17) is 0 Å². The highest BCUT2D eigenvalue weighted by Gasteiger charge is 2.09. The standard InChI is InChI=1S/C18H22N2O/c1-15-5-3-4-6-17(15)18(21)10-14-20(2)13-9-16-7-11-19-12-8-16/h3-8,11-12H,9-10,13-14H2,1-2H3. The molecule has 3 heteroatoms. The Hall–Kier alpha value is -2.00. The van der Waals surface area contributed by atoms with Crippen LogP contribution in [0.5, 0.6) is 0 Å².